The number of nitriles is 1. The Morgan fingerprint density at radius 2 is 1.82 bits per heavy atom. The molecule has 0 spiro atoms. The number of hydrogen-bond acceptors (Lipinski definition) is 6. The summed E-state index contributed by atoms with van der Waals surface area (Å²) in [7, 11) is 0. The van der Waals surface area contributed by atoms with Crippen molar-refractivity contribution in [2.45, 2.75) is 30.1 Å². The molecule has 1 atom stereocenters. The van der Waals surface area contributed by atoms with E-state index in [0.717, 1.165) is 11.1 Å². The molecule has 144 valence electrons. The number of ether oxygens (including phenoxy) is 1. The van der Waals surface area contributed by atoms with Gasteiger partial charge in [0, 0.05) is 0 Å². The molecule has 28 heavy (non-hydrogen) atoms. The van der Waals surface area contributed by atoms with Crippen LogP contribution in [0.1, 0.15) is 11.1 Å². The van der Waals surface area contributed by atoms with Gasteiger partial charge in [0.05, 0.1) is 11.8 Å². The highest BCUT2D eigenvalue weighted by Gasteiger charge is 2.31. The third kappa shape index (κ3) is 5.23. The molecule has 3 rings (SSSR count). The van der Waals surface area contributed by atoms with Crippen LogP contribution in [0.25, 0.3) is 5.69 Å². The second kappa shape index (κ2) is 8.31. The lowest BCUT2D eigenvalue weighted by Crippen LogP contribution is -2.17. The maximum Gasteiger partial charge on any atom is 0.573 e. The van der Waals surface area contributed by atoms with E-state index in [1.54, 1.807) is 0 Å². The lowest BCUT2D eigenvalue weighted by Gasteiger charge is -2.11. The smallest absolute Gasteiger partial charge is 0.406 e. The van der Waals surface area contributed by atoms with Crippen molar-refractivity contribution in [2.24, 2.45) is 0 Å². The molecule has 3 aromatic rings. The number of thioether (sulfide) groups is 1. The van der Waals surface area contributed by atoms with E-state index in [1.165, 1.54) is 40.7 Å². The highest BCUT2D eigenvalue weighted by molar-refractivity contribution is 8.00. The summed E-state index contributed by atoms with van der Waals surface area (Å²) >= 11 is 1.18. The summed E-state index contributed by atoms with van der Waals surface area (Å²) in [5, 5.41) is 20.8. The summed E-state index contributed by atoms with van der Waals surface area (Å²) in [6.07, 6.45) is -4.25. The van der Waals surface area contributed by atoms with Gasteiger partial charge in [0.2, 0.25) is 5.16 Å². The average molecular weight is 405 g/mol. The Hall–Kier alpha value is -3.06. The van der Waals surface area contributed by atoms with E-state index in [-0.39, 0.29) is 5.75 Å². The Balaban J connectivity index is 1.74. The van der Waals surface area contributed by atoms with E-state index in [4.69, 9.17) is 0 Å². The van der Waals surface area contributed by atoms with Gasteiger partial charge in [-0.2, -0.15) is 9.94 Å². The number of halogens is 3. The van der Waals surface area contributed by atoms with Crippen molar-refractivity contribution in [3.8, 4) is 17.5 Å². The molecule has 6 nitrogen and oxygen atoms in total. The molecule has 0 radical (unpaired) electrons. The quantitative estimate of drug-likeness (QED) is 0.575. The summed E-state index contributed by atoms with van der Waals surface area (Å²) in [4.78, 5) is 0. The first kappa shape index (κ1) is 19.7. The lowest BCUT2D eigenvalue weighted by atomic mass is 10.1. The largest absolute Gasteiger partial charge is 0.573 e. The number of tetrazole rings is 1. The molecule has 0 aliphatic heterocycles. The van der Waals surface area contributed by atoms with Crippen LogP contribution in [0.4, 0.5) is 13.2 Å². The van der Waals surface area contributed by atoms with Gasteiger partial charge >= 0.3 is 6.36 Å². The second-order valence-corrected chi connectivity index (χ2v) is 7.01. The minimum absolute atomic E-state index is 0.340. The van der Waals surface area contributed by atoms with Crippen LogP contribution in [0.15, 0.2) is 53.7 Å². The SMILES string of the molecule is Cc1ccc(CC(C#N)Sc2nnnn2-c2ccc(OC(F)(F)F)cc2)cc1. The Labute approximate surface area is 162 Å². The van der Waals surface area contributed by atoms with Crippen molar-refractivity contribution in [1.82, 2.24) is 20.2 Å². The highest BCUT2D eigenvalue weighted by atomic mass is 32.2. The number of rotatable bonds is 6. The third-order valence-electron chi connectivity index (χ3n) is 3.69. The van der Waals surface area contributed by atoms with Gasteiger partial charge in [-0.3, -0.25) is 0 Å². The van der Waals surface area contributed by atoms with Gasteiger partial charge in [-0.15, -0.1) is 18.3 Å². The number of benzene rings is 2. The van der Waals surface area contributed by atoms with Crippen LogP contribution in [-0.4, -0.2) is 31.8 Å². The summed E-state index contributed by atoms with van der Waals surface area (Å²) < 4.78 is 42.0. The van der Waals surface area contributed by atoms with Gasteiger partial charge < -0.3 is 4.74 Å². The summed E-state index contributed by atoms with van der Waals surface area (Å²) in [6.45, 7) is 1.99. The number of aryl methyl sites for hydroxylation is 1. The van der Waals surface area contributed by atoms with Crippen molar-refractivity contribution in [2.75, 3.05) is 0 Å². The van der Waals surface area contributed by atoms with E-state index in [0.29, 0.717) is 17.3 Å². The third-order valence-corrected chi connectivity index (χ3v) is 4.71. The zero-order valence-electron chi connectivity index (χ0n) is 14.6. The number of aromatic nitrogens is 4. The summed E-state index contributed by atoms with van der Waals surface area (Å²) in [6, 6.07) is 15.3. The first-order chi connectivity index (χ1) is 13.3. The molecular formula is C18H14F3N5OS. The maximum absolute atomic E-state index is 12.3. The normalized spacial score (nSPS) is 12.4. The monoisotopic (exact) mass is 405 g/mol. The molecule has 0 aliphatic rings. The second-order valence-electron chi connectivity index (χ2n) is 5.84. The Bertz CT molecular complexity index is 965. The molecule has 10 heteroatoms. The minimum Gasteiger partial charge on any atom is -0.406 e. The van der Waals surface area contributed by atoms with Crippen molar-refractivity contribution in [1.29, 1.82) is 5.26 Å². The van der Waals surface area contributed by atoms with Crippen LogP contribution >= 0.6 is 11.8 Å². The zero-order valence-corrected chi connectivity index (χ0v) is 15.4. The Kier molecular flexibility index (Phi) is 5.84. The van der Waals surface area contributed by atoms with E-state index >= 15 is 0 Å². The van der Waals surface area contributed by atoms with Gasteiger partial charge in [-0.25, -0.2) is 0 Å². The average Bonchev–Trinajstić information content (AvgIpc) is 3.10. The molecule has 0 amide bonds. The maximum atomic E-state index is 12.3. The molecule has 0 saturated heterocycles. The fourth-order valence-corrected chi connectivity index (χ4v) is 3.29. The molecule has 1 unspecified atom stereocenters. The molecule has 2 aromatic carbocycles. The van der Waals surface area contributed by atoms with Gasteiger partial charge in [-0.05, 0) is 53.6 Å². The van der Waals surface area contributed by atoms with Crippen LogP contribution in [0.5, 0.6) is 5.75 Å². The van der Waals surface area contributed by atoms with Crippen molar-refractivity contribution < 1.29 is 17.9 Å². The number of alkyl halides is 3. The number of nitrogens with zero attached hydrogens (tertiary/aromatic N) is 5. The molecule has 0 bridgehead atoms. The van der Waals surface area contributed by atoms with Crippen molar-refractivity contribution >= 4 is 11.8 Å². The van der Waals surface area contributed by atoms with Gasteiger partial charge in [0.15, 0.2) is 0 Å². The first-order valence-electron chi connectivity index (χ1n) is 8.10. The van der Waals surface area contributed by atoms with Crippen LogP contribution in [0, 0.1) is 18.3 Å². The summed E-state index contributed by atoms with van der Waals surface area (Å²) in [5.41, 5.74) is 2.60. The van der Waals surface area contributed by atoms with E-state index < -0.39 is 11.6 Å². The highest BCUT2D eigenvalue weighted by Crippen LogP contribution is 2.27. The fourth-order valence-electron chi connectivity index (χ4n) is 2.38. The van der Waals surface area contributed by atoms with Gasteiger partial charge in [0.25, 0.3) is 0 Å². The molecule has 0 saturated carbocycles. The predicted molar refractivity (Wildman–Crippen MR) is 96.0 cm³/mol. The van der Waals surface area contributed by atoms with Crippen molar-refractivity contribution in [3.63, 3.8) is 0 Å². The summed E-state index contributed by atoms with van der Waals surface area (Å²) in [5.74, 6) is -0.340. The van der Waals surface area contributed by atoms with E-state index in [2.05, 4.69) is 26.3 Å². The number of hydrogen-bond donors (Lipinski definition) is 0. The zero-order chi connectivity index (χ0) is 20.1. The Morgan fingerprint density at radius 3 is 2.43 bits per heavy atom. The molecule has 0 N–H and O–H groups in total. The molecule has 0 fully saturated rings. The molecule has 0 aliphatic carbocycles. The minimum atomic E-state index is -4.76. The van der Waals surface area contributed by atoms with E-state index in [9.17, 15) is 18.4 Å². The van der Waals surface area contributed by atoms with Crippen LogP contribution in [0.3, 0.4) is 0 Å². The molecule has 1 heterocycles. The lowest BCUT2D eigenvalue weighted by molar-refractivity contribution is -0.274. The fraction of sp³-hybridized carbons (Fsp3) is 0.222. The van der Waals surface area contributed by atoms with Crippen molar-refractivity contribution in [3.05, 3.63) is 59.7 Å². The standard InChI is InChI=1S/C18H14F3N5OS/c1-12-2-4-13(5-3-12)10-16(11-22)28-17-23-24-25-26(17)14-6-8-15(9-7-14)27-18(19,20)21/h2-9,16H,10H2,1H3. The molecular weight excluding hydrogens is 391 g/mol. The van der Waals surface area contributed by atoms with Gasteiger partial charge in [0.1, 0.15) is 11.0 Å². The predicted octanol–water partition coefficient (Wildman–Crippen LogP) is 4.10. The Morgan fingerprint density at radius 1 is 1.14 bits per heavy atom. The molecule has 1 aromatic heterocycles. The van der Waals surface area contributed by atoms with Crippen LogP contribution < -0.4 is 4.74 Å². The first-order valence-corrected chi connectivity index (χ1v) is 8.98. The van der Waals surface area contributed by atoms with Crippen LogP contribution in [-0.2, 0) is 6.42 Å². The van der Waals surface area contributed by atoms with E-state index in [1.807, 2.05) is 31.2 Å². The van der Waals surface area contributed by atoms with Gasteiger partial charge in [-0.1, -0.05) is 41.6 Å². The topological polar surface area (TPSA) is 76.6 Å². The van der Waals surface area contributed by atoms with Crippen LogP contribution in [0.2, 0.25) is 0 Å².